The van der Waals surface area contributed by atoms with Gasteiger partial charge in [-0.15, -0.1) is 0 Å². The van der Waals surface area contributed by atoms with E-state index < -0.39 is 6.04 Å². The Morgan fingerprint density at radius 1 is 0.938 bits per heavy atom. The average molecular weight is 457 g/mol. The molecule has 0 saturated carbocycles. The van der Waals surface area contributed by atoms with E-state index in [1.165, 1.54) is 5.56 Å². The van der Waals surface area contributed by atoms with E-state index >= 15 is 0 Å². The molecule has 0 aromatic heterocycles. The summed E-state index contributed by atoms with van der Waals surface area (Å²) in [6.45, 7) is 13.4. The van der Waals surface area contributed by atoms with Crippen molar-refractivity contribution in [3.05, 3.63) is 70.2 Å². The molecule has 0 spiro atoms. The lowest BCUT2D eigenvalue weighted by atomic mass is 9.86. The highest BCUT2D eigenvalue weighted by molar-refractivity contribution is 6.30. The van der Waals surface area contributed by atoms with Crippen LogP contribution in [0, 0.1) is 5.92 Å². The van der Waals surface area contributed by atoms with Crippen LogP contribution in [0.5, 0.6) is 0 Å². The summed E-state index contributed by atoms with van der Waals surface area (Å²) in [5, 5.41) is 3.60. The van der Waals surface area contributed by atoms with E-state index in [-0.39, 0.29) is 17.2 Å². The van der Waals surface area contributed by atoms with E-state index in [1.54, 1.807) is 24.0 Å². The summed E-state index contributed by atoms with van der Waals surface area (Å²) in [6.07, 6.45) is 0.991. The second kappa shape index (κ2) is 11.5. The fourth-order valence-electron chi connectivity index (χ4n) is 3.39. The molecule has 0 aliphatic heterocycles. The molecule has 2 aromatic carbocycles. The summed E-state index contributed by atoms with van der Waals surface area (Å²) >= 11 is 6.01. The number of carbonyl (C=O) groups excluding carboxylic acids is 2. The van der Waals surface area contributed by atoms with Gasteiger partial charge in [0.15, 0.2) is 0 Å². The zero-order valence-electron chi connectivity index (χ0n) is 20.2. The average Bonchev–Trinajstić information content (AvgIpc) is 2.74. The van der Waals surface area contributed by atoms with Gasteiger partial charge in [0.2, 0.25) is 11.8 Å². The summed E-state index contributed by atoms with van der Waals surface area (Å²) in [6, 6.07) is 15.3. The van der Waals surface area contributed by atoms with Crippen LogP contribution >= 0.6 is 11.6 Å². The molecular formula is C27H37ClN2O2. The smallest absolute Gasteiger partial charge is 0.242 e. The third kappa shape index (κ3) is 7.98. The van der Waals surface area contributed by atoms with Crippen molar-refractivity contribution in [3.8, 4) is 0 Å². The van der Waals surface area contributed by atoms with Crippen LogP contribution in [0.25, 0.3) is 0 Å². The van der Waals surface area contributed by atoms with Gasteiger partial charge < -0.3 is 10.2 Å². The molecule has 0 aliphatic carbocycles. The molecular weight excluding hydrogens is 420 g/mol. The summed E-state index contributed by atoms with van der Waals surface area (Å²) < 4.78 is 0. The minimum atomic E-state index is -0.555. The molecule has 0 radical (unpaired) electrons. The number of benzene rings is 2. The van der Waals surface area contributed by atoms with Gasteiger partial charge in [0.05, 0.1) is 0 Å². The molecule has 174 valence electrons. The van der Waals surface area contributed by atoms with Gasteiger partial charge in [-0.1, -0.05) is 82.6 Å². The van der Waals surface area contributed by atoms with Gasteiger partial charge in [-0.3, -0.25) is 9.59 Å². The molecule has 1 unspecified atom stereocenters. The number of nitrogens with zero attached hydrogens (tertiary/aromatic N) is 1. The molecule has 2 amide bonds. The predicted molar refractivity (Wildman–Crippen MR) is 133 cm³/mol. The van der Waals surface area contributed by atoms with Gasteiger partial charge in [-0.2, -0.15) is 0 Å². The lowest BCUT2D eigenvalue weighted by molar-refractivity contribution is -0.140. The molecule has 1 atom stereocenters. The van der Waals surface area contributed by atoms with Crippen LogP contribution in [-0.2, 0) is 28.0 Å². The van der Waals surface area contributed by atoms with Gasteiger partial charge in [-0.25, -0.2) is 0 Å². The monoisotopic (exact) mass is 456 g/mol. The number of rotatable bonds is 9. The van der Waals surface area contributed by atoms with E-state index in [1.807, 2.05) is 26.0 Å². The van der Waals surface area contributed by atoms with Crippen molar-refractivity contribution in [1.29, 1.82) is 0 Å². The second-order valence-electron chi connectivity index (χ2n) is 9.91. The van der Waals surface area contributed by atoms with Gasteiger partial charge in [0.1, 0.15) is 6.04 Å². The Morgan fingerprint density at radius 3 is 2.03 bits per heavy atom. The van der Waals surface area contributed by atoms with Crippen molar-refractivity contribution in [2.45, 2.75) is 72.4 Å². The van der Waals surface area contributed by atoms with Gasteiger partial charge >= 0.3 is 0 Å². The zero-order valence-corrected chi connectivity index (χ0v) is 21.0. The van der Waals surface area contributed by atoms with Crippen LogP contribution in [0.3, 0.4) is 0 Å². The van der Waals surface area contributed by atoms with Crippen LogP contribution in [0.2, 0.25) is 5.02 Å². The quantitative estimate of drug-likeness (QED) is 0.521. The normalized spacial score (nSPS) is 12.5. The molecule has 0 heterocycles. The van der Waals surface area contributed by atoms with E-state index in [4.69, 9.17) is 11.6 Å². The number of hydrogen-bond donors (Lipinski definition) is 1. The first-order chi connectivity index (χ1) is 15.0. The molecule has 4 nitrogen and oxygen atoms in total. The lowest BCUT2D eigenvalue weighted by Gasteiger charge is -2.29. The fraction of sp³-hybridized carbons (Fsp3) is 0.481. The minimum Gasteiger partial charge on any atom is -0.354 e. The topological polar surface area (TPSA) is 49.4 Å². The third-order valence-electron chi connectivity index (χ3n) is 5.57. The Bertz CT molecular complexity index is 883. The number of aryl methyl sites for hydroxylation is 1. The maximum absolute atomic E-state index is 13.2. The summed E-state index contributed by atoms with van der Waals surface area (Å²) in [4.78, 5) is 27.6. The molecule has 0 bridgehead atoms. The maximum Gasteiger partial charge on any atom is 0.242 e. The number of nitrogens with one attached hydrogen (secondary N) is 1. The first-order valence-electron chi connectivity index (χ1n) is 11.4. The van der Waals surface area contributed by atoms with Crippen LogP contribution in [0.4, 0.5) is 0 Å². The summed E-state index contributed by atoms with van der Waals surface area (Å²) in [5.41, 5.74) is 3.44. The Labute approximate surface area is 198 Å². The second-order valence-corrected chi connectivity index (χ2v) is 10.3. The number of halogens is 1. The van der Waals surface area contributed by atoms with E-state index in [0.717, 1.165) is 11.1 Å². The van der Waals surface area contributed by atoms with Gasteiger partial charge in [-0.05, 0) is 53.5 Å². The first kappa shape index (κ1) is 25.9. The van der Waals surface area contributed by atoms with E-state index in [9.17, 15) is 9.59 Å². The molecule has 2 aromatic rings. The highest BCUT2D eigenvalue weighted by Crippen LogP contribution is 2.23. The van der Waals surface area contributed by atoms with Crippen molar-refractivity contribution in [2.75, 3.05) is 6.54 Å². The molecule has 0 saturated heterocycles. The predicted octanol–water partition coefficient (Wildman–Crippen LogP) is 5.76. The highest BCUT2D eigenvalue weighted by Gasteiger charge is 2.26. The molecule has 0 aliphatic rings. The van der Waals surface area contributed by atoms with Crippen LogP contribution < -0.4 is 5.32 Å². The van der Waals surface area contributed by atoms with Gasteiger partial charge in [0.25, 0.3) is 0 Å². The highest BCUT2D eigenvalue weighted by atomic mass is 35.5. The van der Waals surface area contributed by atoms with Crippen molar-refractivity contribution >= 4 is 23.4 Å². The standard InChI is InChI=1S/C27H37ClN2O2/c1-19(2)17-29-26(32)20(3)30(18-22-9-14-24(28)15-10-22)25(31)16-11-21-7-12-23(13-8-21)27(4,5)6/h7-10,12-15,19-20H,11,16-18H2,1-6H3,(H,29,32). The maximum atomic E-state index is 13.2. The fourth-order valence-corrected chi connectivity index (χ4v) is 3.51. The van der Waals surface area contributed by atoms with Crippen molar-refractivity contribution in [2.24, 2.45) is 5.92 Å². The SMILES string of the molecule is CC(C)CNC(=O)C(C)N(Cc1ccc(Cl)cc1)C(=O)CCc1ccc(C(C)(C)C)cc1. The summed E-state index contributed by atoms with van der Waals surface area (Å²) in [7, 11) is 0. The largest absolute Gasteiger partial charge is 0.354 e. The number of hydrogen-bond acceptors (Lipinski definition) is 2. The first-order valence-corrected chi connectivity index (χ1v) is 11.8. The number of carbonyl (C=O) groups is 2. The van der Waals surface area contributed by atoms with Gasteiger partial charge in [0, 0.05) is 24.5 Å². The van der Waals surface area contributed by atoms with E-state index in [2.05, 4.69) is 50.4 Å². The zero-order chi connectivity index (χ0) is 23.9. The van der Waals surface area contributed by atoms with E-state index in [0.29, 0.717) is 36.9 Å². The molecule has 1 N–H and O–H groups in total. The Kier molecular flexibility index (Phi) is 9.33. The molecule has 5 heteroatoms. The molecule has 0 fully saturated rings. The van der Waals surface area contributed by atoms with Crippen LogP contribution in [-0.4, -0.2) is 29.3 Å². The van der Waals surface area contributed by atoms with Crippen molar-refractivity contribution < 1.29 is 9.59 Å². The van der Waals surface area contributed by atoms with Crippen LogP contribution in [0.15, 0.2) is 48.5 Å². The summed E-state index contributed by atoms with van der Waals surface area (Å²) in [5.74, 6) is 0.185. The number of amides is 2. The lowest BCUT2D eigenvalue weighted by Crippen LogP contribution is -2.48. The Balaban J connectivity index is 2.11. The Hall–Kier alpha value is -2.33. The molecule has 2 rings (SSSR count). The van der Waals surface area contributed by atoms with Crippen molar-refractivity contribution in [3.63, 3.8) is 0 Å². The Morgan fingerprint density at radius 2 is 1.50 bits per heavy atom. The molecule has 32 heavy (non-hydrogen) atoms. The van der Waals surface area contributed by atoms with Crippen LogP contribution in [0.1, 0.15) is 64.7 Å². The minimum absolute atomic E-state index is 0.0351. The third-order valence-corrected chi connectivity index (χ3v) is 5.82. The van der Waals surface area contributed by atoms with Crippen molar-refractivity contribution in [1.82, 2.24) is 10.2 Å².